The highest BCUT2D eigenvalue weighted by Crippen LogP contribution is 2.25. The van der Waals surface area contributed by atoms with E-state index in [-0.39, 0.29) is 16.3 Å². The molecule has 2 heterocycles. The highest BCUT2D eigenvalue weighted by molar-refractivity contribution is 7.89. The second kappa shape index (κ2) is 5.11. The van der Waals surface area contributed by atoms with Gasteiger partial charge in [-0.3, -0.25) is 0 Å². The van der Waals surface area contributed by atoms with E-state index in [1.54, 1.807) is 6.92 Å². The maximum Gasteiger partial charge on any atom is 0.345 e. The van der Waals surface area contributed by atoms with Gasteiger partial charge in [-0.2, -0.15) is 0 Å². The van der Waals surface area contributed by atoms with Crippen molar-refractivity contribution < 1.29 is 22.8 Å². The summed E-state index contributed by atoms with van der Waals surface area (Å²) >= 11 is 0.920. The maximum absolute atomic E-state index is 12.0. The summed E-state index contributed by atoms with van der Waals surface area (Å²) in [5.74, 6) is -1.15. The summed E-state index contributed by atoms with van der Waals surface area (Å²) in [4.78, 5) is 11.2. The number of hydrogen-bond acceptors (Lipinski definition) is 6. The highest BCUT2D eigenvalue weighted by atomic mass is 32.2. The molecular formula is C10H10N2O5S2. The fourth-order valence-electron chi connectivity index (χ4n) is 1.41. The number of rotatable bonds is 5. The SMILES string of the molecule is Cc1sc(C(=O)O)cc1S(=O)(=O)NCc1ccon1. The fraction of sp³-hybridized carbons (Fsp3) is 0.200. The van der Waals surface area contributed by atoms with Gasteiger partial charge in [-0.15, -0.1) is 11.3 Å². The van der Waals surface area contributed by atoms with E-state index >= 15 is 0 Å². The Kier molecular flexibility index (Phi) is 3.69. The summed E-state index contributed by atoms with van der Waals surface area (Å²) in [6.07, 6.45) is 1.34. The Morgan fingerprint density at radius 2 is 2.32 bits per heavy atom. The van der Waals surface area contributed by atoms with Crippen LogP contribution in [0.25, 0.3) is 0 Å². The summed E-state index contributed by atoms with van der Waals surface area (Å²) in [5, 5.41) is 12.4. The molecule has 0 aliphatic rings. The van der Waals surface area contributed by atoms with Gasteiger partial charge in [0.15, 0.2) is 0 Å². The van der Waals surface area contributed by atoms with Gasteiger partial charge < -0.3 is 9.63 Å². The molecule has 0 saturated carbocycles. The first-order valence-corrected chi connectivity index (χ1v) is 7.43. The molecule has 0 saturated heterocycles. The van der Waals surface area contributed by atoms with E-state index in [1.807, 2.05) is 0 Å². The van der Waals surface area contributed by atoms with Crippen molar-refractivity contribution >= 4 is 27.3 Å². The van der Waals surface area contributed by atoms with Gasteiger partial charge in [0.2, 0.25) is 10.0 Å². The Balaban J connectivity index is 2.22. The normalized spacial score (nSPS) is 11.6. The predicted molar refractivity (Wildman–Crippen MR) is 66.5 cm³/mol. The van der Waals surface area contributed by atoms with Crippen LogP contribution in [0.2, 0.25) is 0 Å². The molecule has 2 aromatic heterocycles. The molecule has 19 heavy (non-hydrogen) atoms. The van der Waals surface area contributed by atoms with Gasteiger partial charge >= 0.3 is 5.97 Å². The number of thiophene rings is 1. The first-order chi connectivity index (χ1) is 8.90. The molecule has 0 spiro atoms. The smallest absolute Gasteiger partial charge is 0.345 e. The molecule has 0 amide bonds. The molecule has 0 bridgehead atoms. The summed E-state index contributed by atoms with van der Waals surface area (Å²) < 4.78 is 31.0. The Hall–Kier alpha value is -1.71. The third kappa shape index (κ3) is 3.00. The molecule has 0 aliphatic carbocycles. The lowest BCUT2D eigenvalue weighted by molar-refractivity contribution is 0.0702. The molecule has 2 N–H and O–H groups in total. The van der Waals surface area contributed by atoms with Gasteiger partial charge in [-0.05, 0) is 13.0 Å². The molecule has 0 fully saturated rings. The Bertz CT molecular complexity index is 688. The van der Waals surface area contributed by atoms with Crippen molar-refractivity contribution in [2.75, 3.05) is 0 Å². The summed E-state index contributed by atoms with van der Waals surface area (Å²) in [7, 11) is -3.76. The second-order valence-electron chi connectivity index (χ2n) is 3.65. The number of carboxylic acid groups (broad SMARTS) is 1. The number of aromatic carboxylic acids is 1. The number of aryl methyl sites for hydroxylation is 1. The zero-order valence-corrected chi connectivity index (χ0v) is 11.4. The fourth-order valence-corrected chi connectivity index (χ4v) is 3.84. The zero-order valence-electron chi connectivity index (χ0n) is 9.78. The van der Waals surface area contributed by atoms with Crippen molar-refractivity contribution in [1.29, 1.82) is 0 Å². The molecule has 0 radical (unpaired) electrons. The van der Waals surface area contributed by atoms with Crippen molar-refractivity contribution in [2.45, 2.75) is 18.4 Å². The standard InChI is InChI=1S/C10H10N2O5S2/c1-6-9(4-8(18-6)10(13)14)19(15,16)11-5-7-2-3-17-12-7/h2-4,11H,5H2,1H3,(H,13,14). The summed E-state index contributed by atoms with van der Waals surface area (Å²) in [6.45, 7) is 1.54. The van der Waals surface area contributed by atoms with E-state index in [1.165, 1.54) is 12.3 Å². The third-order valence-corrected chi connectivity index (χ3v) is 5.00. The first kappa shape index (κ1) is 13.7. The third-order valence-electron chi connectivity index (χ3n) is 2.31. The number of carbonyl (C=O) groups is 1. The topological polar surface area (TPSA) is 110 Å². The van der Waals surface area contributed by atoms with Crippen molar-refractivity contribution in [2.24, 2.45) is 0 Å². The zero-order chi connectivity index (χ0) is 14.0. The van der Waals surface area contributed by atoms with Crippen LogP contribution in [-0.2, 0) is 16.6 Å². The van der Waals surface area contributed by atoms with E-state index < -0.39 is 16.0 Å². The van der Waals surface area contributed by atoms with Gasteiger partial charge in [-0.1, -0.05) is 5.16 Å². The van der Waals surface area contributed by atoms with Gasteiger partial charge in [0.05, 0.1) is 17.1 Å². The van der Waals surface area contributed by atoms with Crippen LogP contribution in [0.5, 0.6) is 0 Å². The molecule has 0 atom stereocenters. The van der Waals surface area contributed by atoms with Crippen molar-refractivity contribution in [3.63, 3.8) is 0 Å². The molecule has 9 heteroatoms. The van der Waals surface area contributed by atoms with Gasteiger partial charge in [0.25, 0.3) is 0 Å². The number of aromatic nitrogens is 1. The minimum atomic E-state index is -3.76. The van der Waals surface area contributed by atoms with E-state index in [2.05, 4.69) is 14.4 Å². The van der Waals surface area contributed by atoms with Crippen molar-refractivity contribution in [3.8, 4) is 0 Å². The van der Waals surface area contributed by atoms with Crippen molar-refractivity contribution in [3.05, 3.63) is 33.8 Å². The van der Waals surface area contributed by atoms with Crippen molar-refractivity contribution in [1.82, 2.24) is 9.88 Å². The van der Waals surface area contributed by atoms with E-state index in [0.29, 0.717) is 10.6 Å². The van der Waals surface area contributed by atoms with Crippen LogP contribution in [0, 0.1) is 6.92 Å². The first-order valence-electron chi connectivity index (χ1n) is 5.13. The Morgan fingerprint density at radius 3 is 2.84 bits per heavy atom. The Labute approximate surface area is 112 Å². The number of nitrogens with zero attached hydrogens (tertiary/aromatic N) is 1. The van der Waals surface area contributed by atoms with Gasteiger partial charge in [-0.25, -0.2) is 17.9 Å². The van der Waals surface area contributed by atoms with Crippen LogP contribution < -0.4 is 4.72 Å². The van der Waals surface area contributed by atoms with Crippen LogP contribution in [0.3, 0.4) is 0 Å². The second-order valence-corrected chi connectivity index (χ2v) is 6.64. The van der Waals surface area contributed by atoms with E-state index in [9.17, 15) is 13.2 Å². The van der Waals surface area contributed by atoms with E-state index in [0.717, 1.165) is 17.4 Å². The molecule has 102 valence electrons. The average Bonchev–Trinajstić information content (AvgIpc) is 2.95. The minimum absolute atomic E-state index is 0.0145. The summed E-state index contributed by atoms with van der Waals surface area (Å²) in [6, 6.07) is 2.68. The van der Waals surface area contributed by atoms with Crippen LogP contribution in [0.15, 0.2) is 27.8 Å². The highest BCUT2D eigenvalue weighted by Gasteiger charge is 2.22. The molecule has 2 aromatic rings. The number of nitrogens with one attached hydrogen (secondary N) is 1. The van der Waals surface area contributed by atoms with Crippen LogP contribution in [-0.4, -0.2) is 24.7 Å². The predicted octanol–water partition coefficient (Wildman–Crippen LogP) is 1.22. The number of carboxylic acids is 1. The molecular weight excluding hydrogens is 292 g/mol. The maximum atomic E-state index is 12.0. The molecule has 0 aliphatic heterocycles. The monoisotopic (exact) mass is 302 g/mol. The Morgan fingerprint density at radius 1 is 1.58 bits per heavy atom. The molecule has 7 nitrogen and oxygen atoms in total. The summed E-state index contributed by atoms with van der Waals surface area (Å²) in [5.41, 5.74) is 0.440. The average molecular weight is 302 g/mol. The molecule has 2 rings (SSSR count). The quantitative estimate of drug-likeness (QED) is 0.859. The number of hydrogen-bond donors (Lipinski definition) is 2. The van der Waals surface area contributed by atoms with Crippen LogP contribution in [0.1, 0.15) is 20.2 Å². The lowest BCUT2D eigenvalue weighted by Crippen LogP contribution is -2.23. The van der Waals surface area contributed by atoms with Gasteiger partial charge in [0, 0.05) is 10.9 Å². The minimum Gasteiger partial charge on any atom is -0.477 e. The molecule has 0 unspecified atom stereocenters. The van der Waals surface area contributed by atoms with Gasteiger partial charge in [0.1, 0.15) is 11.1 Å². The lowest BCUT2D eigenvalue weighted by atomic mass is 10.4. The van der Waals surface area contributed by atoms with E-state index in [4.69, 9.17) is 5.11 Å². The lowest BCUT2D eigenvalue weighted by Gasteiger charge is -2.03. The van der Waals surface area contributed by atoms with Crippen LogP contribution >= 0.6 is 11.3 Å². The largest absolute Gasteiger partial charge is 0.477 e. The molecule has 0 aromatic carbocycles. The number of sulfonamides is 1. The van der Waals surface area contributed by atoms with Crippen LogP contribution in [0.4, 0.5) is 0 Å².